The average Bonchev–Trinajstić information content (AvgIpc) is 2.85. The van der Waals surface area contributed by atoms with Gasteiger partial charge >= 0.3 is 0 Å². The third-order valence-electron chi connectivity index (χ3n) is 4.06. The van der Waals surface area contributed by atoms with Crippen LogP contribution in [0.1, 0.15) is 49.5 Å². The molecule has 1 amide bonds. The summed E-state index contributed by atoms with van der Waals surface area (Å²) in [5.41, 5.74) is 3.05. The Balaban J connectivity index is 2.14. The van der Waals surface area contributed by atoms with Crippen LogP contribution in [0.3, 0.4) is 0 Å². The minimum Gasteiger partial charge on any atom is -0.384 e. The fourth-order valence-corrected chi connectivity index (χ4v) is 2.21. The molecule has 98 valence electrons. The molecule has 0 radical (unpaired) electrons. The number of carbonyl (C=O) groups excluding carboxylic acids is 1. The summed E-state index contributed by atoms with van der Waals surface area (Å²) < 4.78 is 0. The first kappa shape index (κ1) is 12.9. The molecule has 3 nitrogen and oxygen atoms in total. The molecule has 0 unspecified atom stereocenters. The first-order chi connectivity index (χ1) is 8.58. The van der Waals surface area contributed by atoms with Crippen molar-refractivity contribution >= 4 is 11.6 Å². The monoisotopic (exact) mass is 246 g/mol. The summed E-state index contributed by atoms with van der Waals surface area (Å²) in [5.74, 6) is 0.0256. The first-order valence-electron chi connectivity index (χ1n) is 6.77. The maximum absolute atomic E-state index is 12.2. The standard InChI is InChI=1S/C15H22N2O/c1-4-15(3,5-2)17-14(18)12-7-6-11-8-9-16-13(11)10-12/h6-7,10,16H,4-5,8-9H2,1-3H3,(H,17,18). The maximum Gasteiger partial charge on any atom is 0.251 e. The topological polar surface area (TPSA) is 41.1 Å². The number of nitrogens with one attached hydrogen (secondary N) is 2. The minimum absolute atomic E-state index is 0.0256. The molecular formula is C15H22N2O. The van der Waals surface area contributed by atoms with Crippen molar-refractivity contribution in [2.45, 2.75) is 45.6 Å². The SMILES string of the molecule is CCC(C)(CC)NC(=O)c1ccc2c(c1)NCC2. The minimum atomic E-state index is -0.108. The number of carbonyl (C=O) groups is 1. The molecule has 0 bridgehead atoms. The van der Waals surface area contributed by atoms with Crippen molar-refractivity contribution in [2.75, 3.05) is 11.9 Å². The van der Waals surface area contributed by atoms with Gasteiger partial charge < -0.3 is 10.6 Å². The van der Waals surface area contributed by atoms with Gasteiger partial charge in [0.1, 0.15) is 0 Å². The highest BCUT2D eigenvalue weighted by Crippen LogP contribution is 2.24. The van der Waals surface area contributed by atoms with Crippen LogP contribution in [0.2, 0.25) is 0 Å². The number of fused-ring (bicyclic) bond motifs is 1. The van der Waals surface area contributed by atoms with Gasteiger partial charge in [0.25, 0.3) is 5.91 Å². The highest BCUT2D eigenvalue weighted by Gasteiger charge is 2.23. The summed E-state index contributed by atoms with van der Waals surface area (Å²) >= 11 is 0. The predicted molar refractivity (Wildman–Crippen MR) is 75.1 cm³/mol. The zero-order chi connectivity index (χ0) is 13.2. The van der Waals surface area contributed by atoms with E-state index in [1.807, 2.05) is 12.1 Å². The van der Waals surface area contributed by atoms with E-state index >= 15 is 0 Å². The molecule has 2 rings (SSSR count). The summed E-state index contributed by atoms with van der Waals surface area (Å²) in [6.45, 7) is 7.28. The van der Waals surface area contributed by atoms with E-state index < -0.39 is 0 Å². The van der Waals surface area contributed by atoms with Gasteiger partial charge in [-0.25, -0.2) is 0 Å². The highest BCUT2D eigenvalue weighted by atomic mass is 16.1. The molecule has 0 saturated heterocycles. The molecule has 0 fully saturated rings. The number of hydrogen-bond acceptors (Lipinski definition) is 2. The number of benzene rings is 1. The van der Waals surface area contributed by atoms with Crippen LogP contribution in [-0.4, -0.2) is 18.0 Å². The molecule has 0 aliphatic carbocycles. The molecule has 0 atom stereocenters. The summed E-state index contributed by atoms with van der Waals surface area (Å²) in [6, 6.07) is 5.94. The Kier molecular flexibility index (Phi) is 3.60. The molecule has 18 heavy (non-hydrogen) atoms. The molecule has 2 N–H and O–H groups in total. The fraction of sp³-hybridized carbons (Fsp3) is 0.533. The summed E-state index contributed by atoms with van der Waals surface area (Å²) in [6.07, 6.45) is 2.94. The van der Waals surface area contributed by atoms with Crippen molar-refractivity contribution in [2.24, 2.45) is 0 Å². The quantitative estimate of drug-likeness (QED) is 0.857. The lowest BCUT2D eigenvalue weighted by atomic mass is 9.95. The lowest BCUT2D eigenvalue weighted by Crippen LogP contribution is -2.44. The van der Waals surface area contributed by atoms with Crippen LogP contribution in [-0.2, 0) is 6.42 Å². The predicted octanol–water partition coefficient (Wildman–Crippen LogP) is 2.96. The Morgan fingerprint density at radius 2 is 2.11 bits per heavy atom. The fourth-order valence-electron chi connectivity index (χ4n) is 2.21. The van der Waals surface area contributed by atoms with Crippen LogP contribution < -0.4 is 10.6 Å². The second-order valence-electron chi connectivity index (χ2n) is 5.27. The van der Waals surface area contributed by atoms with Gasteiger partial charge in [-0.1, -0.05) is 19.9 Å². The molecule has 1 heterocycles. The molecule has 1 aliphatic heterocycles. The number of amides is 1. The number of rotatable bonds is 4. The third kappa shape index (κ3) is 2.50. The number of anilines is 1. The number of hydrogen-bond donors (Lipinski definition) is 2. The first-order valence-corrected chi connectivity index (χ1v) is 6.77. The van der Waals surface area contributed by atoms with Crippen LogP contribution >= 0.6 is 0 Å². The van der Waals surface area contributed by atoms with Gasteiger partial charge in [-0.15, -0.1) is 0 Å². The molecule has 1 aliphatic rings. The Hall–Kier alpha value is -1.51. The van der Waals surface area contributed by atoms with Gasteiger partial charge in [0.2, 0.25) is 0 Å². The lowest BCUT2D eigenvalue weighted by molar-refractivity contribution is 0.0901. The van der Waals surface area contributed by atoms with Crippen LogP contribution in [0.15, 0.2) is 18.2 Å². The third-order valence-corrected chi connectivity index (χ3v) is 4.06. The van der Waals surface area contributed by atoms with Crippen molar-refractivity contribution in [3.8, 4) is 0 Å². The van der Waals surface area contributed by atoms with Gasteiger partial charge in [-0.2, -0.15) is 0 Å². The van der Waals surface area contributed by atoms with Crippen molar-refractivity contribution < 1.29 is 4.79 Å². The van der Waals surface area contributed by atoms with Gasteiger partial charge in [0.05, 0.1) is 0 Å². The van der Waals surface area contributed by atoms with Gasteiger partial charge in [-0.3, -0.25) is 4.79 Å². The summed E-state index contributed by atoms with van der Waals surface area (Å²) in [5, 5.41) is 6.44. The van der Waals surface area contributed by atoms with Gasteiger partial charge in [0, 0.05) is 23.3 Å². The van der Waals surface area contributed by atoms with Crippen LogP contribution in [0.5, 0.6) is 0 Å². The molecule has 1 aromatic rings. The van der Waals surface area contributed by atoms with Crippen molar-refractivity contribution in [3.05, 3.63) is 29.3 Å². The molecular weight excluding hydrogens is 224 g/mol. The van der Waals surface area contributed by atoms with E-state index in [0.29, 0.717) is 0 Å². The molecule has 0 aromatic heterocycles. The van der Waals surface area contributed by atoms with E-state index in [0.717, 1.165) is 37.1 Å². The normalized spacial score (nSPS) is 13.9. The van der Waals surface area contributed by atoms with Gasteiger partial charge in [0.15, 0.2) is 0 Å². The van der Waals surface area contributed by atoms with E-state index in [-0.39, 0.29) is 11.4 Å². The second-order valence-corrected chi connectivity index (χ2v) is 5.27. The Labute approximate surface area is 109 Å². The zero-order valence-electron chi connectivity index (χ0n) is 11.5. The molecule has 1 aromatic carbocycles. The smallest absolute Gasteiger partial charge is 0.251 e. The maximum atomic E-state index is 12.2. The van der Waals surface area contributed by atoms with Gasteiger partial charge in [-0.05, 0) is 43.9 Å². The Bertz CT molecular complexity index is 450. The molecule has 0 spiro atoms. The van der Waals surface area contributed by atoms with Crippen LogP contribution in [0.25, 0.3) is 0 Å². The molecule has 3 heteroatoms. The van der Waals surface area contributed by atoms with Crippen molar-refractivity contribution in [1.82, 2.24) is 5.32 Å². The van der Waals surface area contributed by atoms with Crippen LogP contribution in [0.4, 0.5) is 5.69 Å². The zero-order valence-corrected chi connectivity index (χ0v) is 11.5. The largest absolute Gasteiger partial charge is 0.384 e. The molecule has 0 saturated carbocycles. The van der Waals surface area contributed by atoms with Crippen LogP contribution in [0, 0.1) is 0 Å². The second kappa shape index (κ2) is 5.01. The van der Waals surface area contributed by atoms with E-state index in [1.54, 1.807) is 0 Å². The van der Waals surface area contributed by atoms with E-state index in [2.05, 4.69) is 37.5 Å². The van der Waals surface area contributed by atoms with Crippen molar-refractivity contribution in [3.63, 3.8) is 0 Å². The summed E-state index contributed by atoms with van der Waals surface area (Å²) in [4.78, 5) is 12.2. The Morgan fingerprint density at radius 3 is 2.78 bits per heavy atom. The van der Waals surface area contributed by atoms with Crippen molar-refractivity contribution in [1.29, 1.82) is 0 Å². The summed E-state index contributed by atoms with van der Waals surface area (Å²) in [7, 11) is 0. The van der Waals surface area contributed by atoms with E-state index in [4.69, 9.17) is 0 Å². The van der Waals surface area contributed by atoms with E-state index in [9.17, 15) is 4.79 Å². The highest BCUT2D eigenvalue weighted by molar-refractivity contribution is 5.96. The average molecular weight is 246 g/mol. The van der Waals surface area contributed by atoms with E-state index in [1.165, 1.54) is 5.56 Å². The Morgan fingerprint density at radius 1 is 1.39 bits per heavy atom. The lowest BCUT2D eigenvalue weighted by Gasteiger charge is -2.28.